The number of carbonyl (C=O) groups is 1. The van der Waals surface area contributed by atoms with Crippen LogP contribution in [0.3, 0.4) is 0 Å². The number of rotatable bonds is 4. The molecule has 0 saturated heterocycles. The maximum absolute atomic E-state index is 11.8. The van der Waals surface area contributed by atoms with E-state index in [1.54, 1.807) is 48.8 Å². The van der Waals surface area contributed by atoms with Gasteiger partial charge in [0.25, 0.3) is 5.91 Å². The van der Waals surface area contributed by atoms with E-state index < -0.39 is 0 Å². The summed E-state index contributed by atoms with van der Waals surface area (Å²) in [6, 6.07) is 10.2. The molecule has 0 radical (unpaired) electrons. The molecule has 2 heterocycles. The van der Waals surface area contributed by atoms with Crippen LogP contribution in [0.1, 0.15) is 10.6 Å². The zero-order valence-electron chi connectivity index (χ0n) is 10.9. The first-order valence-corrected chi connectivity index (χ1v) is 6.20. The molecule has 0 aliphatic carbocycles. The number of ether oxygens (including phenoxy) is 1. The van der Waals surface area contributed by atoms with E-state index >= 15 is 0 Å². The van der Waals surface area contributed by atoms with Gasteiger partial charge in [-0.25, -0.2) is 4.98 Å². The molecule has 21 heavy (non-hydrogen) atoms. The van der Waals surface area contributed by atoms with Crippen LogP contribution in [0.5, 0.6) is 11.6 Å². The molecule has 0 atom stereocenters. The van der Waals surface area contributed by atoms with Crippen LogP contribution in [0.15, 0.2) is 65.7 Å². The fraction of sp³-hybridized carbons (Fsp3) is 0. The molecular formula is C15H11N3O3. The first kappa shape index (κ1) is 12.9. The number of furan rings is 1. The van der Waals surface area contributed by atoms with Gasteiger partial charge in [-0.3, -0.25) is 9.78 Å². The lowest BCUT2D eigenvalue weighted by atomic mass is 10.3. The highest BCUT2D eigenvalue weighted by Gasteiger charge is 2.08. The largest absolute Gasteiger partial charge is 0.459 e. The molecule has 0 fully saturated rings. The summed E-state index contributed by atoms with van der Waals surface area (Å²) < 4.78 is 10.5. The third-order valence-corrected chi connectivity index (χ3v) is 2.62. The number of anilines is 1. The highest BCUT2D eigenvalue weighted by molar-refractivity contribution is 6.02. The summed E-state index contributed by atoms with van der Waals surface area (Å²) in [6.45, 7) is 0. The minimum absolute atomic E-state index is 0.259. The minimum atomic E-state index is -0.303. The monoisotopic (exact) mass is 281 g/mol. The van der Waals surface area contributed by atoms with Gasteiger partial charge in [0.1, 0.15) is 5.75 Å². The third kappa shape index (κ3) is 3.24. The fourth-order valence-corrected chi connectivity index (χ4v) is 1.67. The molecule has 1 N–H and O–H groups in total. The number of amides is 1. The first-order valence-electron chi connectivity index (χ1n) is 6.20. The van der Waals surface area contributed by atoms with Gasteiger partial charge in [0.05, 0.1) is 12.5 Å². The van der Waals surface area contributed by atoms with E-state index in [9.17, 15) is 4.79 Å². The van der Waals surface area contributed by atoms with E-state index in [1.807, 2.05) is 0 Å². The lowest BCUT2D eigenvalue weighted by molar-refractivity contribution is 0.0996. The van der Waals surface area contributed by atoms with Gasteiger partial charge in [-0.1, -0.05) is 0 Å². The average Bonchev–Trinajstić information content (AvgIpc) is 3.05. The van der Waals surface area contributed by atoms with Crippen LogP contribution in [0, 0.1) is 0 Å². The number of hydrogen-bond donors (Lipinski definition) is 1. The molecule has 1 aromatic carbocycles. The summed E-state index contributed by atoms with van der Waals surface area (Å²) in [4.78, 5) is 19.7. The van der Waals surface area contributed by atoms with Crippen LogP contribution in [-0.4, -0.2) is 15.9 Å². The maximum atomic E-state index is 11.8. The normalized spacial score (nSPS) is 10.1. The second kappa shape index (κ2) is 5.87. The van der Waals surface area contributed by atoms with E-state index in [2.05, 4.69) is 15.3 Å². The van der Waals surface area contributed by atoms with Crippen molar-refractivity contribution < 1.29 is 13.9 Å². The molecule has 6 heteroatoms. The zero-order chi connectivity index (χ0) is 14.5. The molecule has 104 valence electrons. The second-order valence-electron chi connectivity index (χ2n) is 4.10. The molecule has 1 amide bonds. The first-order chi connectivity index (χ1) is 10.3. The SMILES string of the molecule is O=C(Nc1ccc(Oc2cnccn2)cc1)c1ccco1. The van der Waals surface area contributed by atoms with E-state index in [4.69, 9.17) is 9.15 Å². The van der Waals surface area contributed by atoms with Crippen molar-refractivity contribution in [2.75, 3.05) is 5.32 Å². The molecule has 0 spiro atoms. The Bertz CT molecular complexity index is 710. The number of hydrogen-bond acceptors (Lipinski definition) is 5. The van der Waals surface area contributed by atoms with Crippen LogP contribution in [0.25, 0.3) is 0 Å². The summed E-state index contributed by atoms with van der Waals surface area (Å²) in [5.74, 6) is 0.967. The fourth-order valence-electron chi connectivity index (χ4n) is 1.67. The van der Waals surface area contributed by atoms with Crippen molar-refractivity contribution in [2.24, 2.45) is 0 Å². The number of nitrogens with one attached hydrogen (secondary N) is 1. The van der Waals surface area contributed by atoms with Crippen LogP contribution < -0.4 is 10.1 Å². The van der Waals surface area contributed by atoms with Crippen LogP contribution in [-0.2, 0) is 0 Å². The molecule has 3 aromatic rings. The molecule has 0 bridgehead atoms. The molecule has 0 aliphatic rings. The number of carbonyl (C=O) groups excluding carboxylic acids is 1. The number of nitrogens with zero attached hydrogens (tertiary/aromatic N) is 2. The standard InChI is InChI=1S/C15H11N3O3/c19-15(13-2-1-9-20-13)18-11-3-5-12(6-4-11)21-14-10-16-7-8-17-14/h1-10H,(H,18,19). The maximum Gasteiger partial charge on any atom is 0.291 e. The Hall–Kier alpha value is -3.15. The summed E-state index contributed by atoms with van der Waals surface area (Å²) in [5, 5.41) is 2.72. The highest BCUT2D eigenvalue weighted by Crippen LogP contribution is 2.21. The lowest BCUT2D eigenvalue weighted by Gasteiger charge is -2.06. The van der Waals surface area contributed by atoms with E-state index in [1.165, 1.54) is 12.5 Å². The Balaban J connectivity index is 1.65. The second-order valence-corrected chi connectivity index (χ2v) is 4.10. The predicted molar refractivity (Wildman–Crippen MR) is 75.2 cm³/mol. The van der Waals surface area contributed by atoms with Gasteiger partial charge in [-0.2, -0.15) is 0 Å². The Morgan fingerprint density at radius 1 is 1.14 bits per heavy atom. The van der Waals surface area contributed by atoms with Crippen molar-refractivity contribution in [3.8, 4) is 11.6 Å². The van der Waals surface area contributed by atoms with Crippen LogP contribution in [0.2, 0.25) is 0 Å². The van der Waals surface area contributed by atoms with Crippen molar-refractivity contribution >= 4 is 11.6 Å². The molecular weight excluding hydrogens is 270 g/mol. The van der Waals surface area contributed by atoms with Gasteiger partial charge >= 0.3 is 0 Å². The zero-order valence-corrected chi connectivity index (χ0v) is 10.9. The van der Waals surface area contributed by atoms with Gasteiger partial charge in [0.2, 0.25) is 5.88 Å². The Morgan fingerprint density at radius 2 is 2.00 bits per heavy atom. The number of aromatic nitrogens is 2. The average molecular weight is 281 g/mol. The summed E-state index contributed by atoms with van der Waals surface area (Å²) in [7, 11) is 0. The van der Waals surface area contributed by atoms with E-state index in [-0.39, 0.29) is 11.7 Å². The van der Waals surface area contributed by atoms with Crippen LogP contribution >= 0.6 is 0 Å². The quantitative estimate of drug-likeness (QED) is 0.795. The predicted octanol–water partition coefficient (Wildman–Crippen LogP) is 3.11. The summed E-state index contributed by atoms with van der Waals surface area (Å²) in [6.07, 6.45) is 6.09. The van der Waals surface area contributed by atoms with Gasteiger partial charge in [0.15, 0.2) is 5.76 Å². The van der Waals surface area contributed by atoms with Crippen molar-refractivity contribution in [3.05, 3.63) is 67.0 Å². The van der Waals surface area contributed by atoms with Crippen molar-refractivity contribution in [1.29, 1.82) is 0 Å². The summed E-state index contributed by atoms with van der Waals surface area (Å²) >= 11 is 0. The smallest absolute Gasteiger partial charge is 0.291 e. The minimum Gasteiger partial charge on any atom is -0.459 e. The molecule has 2 aromatic heterocycles. The Kier molecular flexibility index (Phi) is 3.60. The lowest BCUT2D eigenvalue weighted by Crippen LogP contribution is -2.10. The molecule has 3 rings (SSSR count). The molecule has 0 saturated carbocycles. The highest BCUT2D eigenvalue weighted by atomic mass is 16.5. The van der Waals surface area contributed by atoms with E-state index in [0.29, 0.717) is 17.3 Å². The molecule has 6 nitrogen and oxygen atoms in total. The van der Waals surface area contributed by atoms with Crippen molar-refractivity contribution in [3.63, 3.8) is 0 Å². The summed E-state index contributed by atoms with van der Waals surface area (Å²) in [5.41, 5.74) is 0.642. The van der Waals surface area contributed by atoms with Gasteiger partial charge < -0.3 is 14.5 Å². The van der Waals surface area contributed by atoms with Gasteiger partial charge in [-0.05, 0) is 36.4 Å². The molecule has 0 unspecified atom stereocenters. The van der Waals surface area contributed by atoms with Gasteiger partial charge in [0, 0.05) is 18.1 Å². The topological polar surface area (TPSA) is 77.2 Å². The van der Waals surface area contributed by atoms with Crippen molar-refractivity contribution in [2.45, 2.75) is 0 Å². The Morgan fingerprint density at radius 3 is 2.67 bits per heavy atom. The van der Waals surface area contributed by atoms with Gasteiger partial charge in [-0.15, -0.1) is 0 Å². The number of benzene rings is 1. The molecule has 0 aliphatic heterocycles. The Labute approximate surface area is 120 Å². The van der Waals surface area contributed by atoms with Crippen molar-refractivity contribution in [1.82, 2.24) is 9.97 Å². The van der Waals surface area contributed by atoms with Crippen LogP contribution in [0.4, 0.5) is 5.69 Å². The van der Waals surface area contributed by atoms with E-state index in [0.717, 1.165) is 0 Å². The third-order valence-electron chi connectivity index (χ3n) is 2.62.